The Hall–Kier alpha value is -2.21. The zero-order chi connectivity index (χ0) is 15.6. The van der Waals surface area contributed by atoms with Gasteiger partial charge in [0.2, 0.25) is 11.9 Å². The molecule has 0 spiro atoms. The van der Waals surface area contributed by atoms with Gasteiger partial charge in [-0.15, -0.1) is 0 Å². The number of nitrogens with zero attached hydrogens (tertiary/aromatic N) is 3. The van der Waals surface area contributed by atoms with Crippen molar-refractivity contribution >= 4 is 29.1 Å². The van der Waals surface area contributed by atoms with Gasteiger partial charge >= 0.3 is 0 Å². The Kier molecular flexibility index (Phi) is 4.37. The molecule has 0 fully saturated rings. The van der Waals surface area contributed by atoms with Gasteiger partial charge in [0.15, 0.2) is 0 Å². The molecule has 0 aliphatic rings. The number of imidazole rings is 1. The molecule has 0 unspecified atom stereocenters. The van der Waals surface area contributed by atoms with Crippen LogP contribution in [0.5, 0.6) is 0 Å². The van der Waals surface area contributed by atoms with Crippen LogP contribution in [0.4, 0.5) is 11.6 Å². The lowest BCUT2D eigenvalue weighted by molar-refractivity contribution is 0.100. The first-order chi connectivity index (χ1) is 9.90. The first kappa shape index (κ1) is 15.2. The SMILES string of the molecule is CN(C)c1ncc(CNc2ccc(C(N)=O)c(Cl)c2)n1C. The van der Waals surface area contributed by atoms with Crippen LogP contribution in [0.1, 0.15) is 16.1 Å². The normalized spacial score (nSPS) is 10.5. The van der Waals surface area contributed by atoms with Crippen LogP contribution >= 0.6 is 11.6 Å². The van der Waals surface area contributed by atoms with Gasteiger partial charge in [-0.1, -0.05) is 11.6 Å². The molecule has 6 nitrogen and oxygen atoms in total. The van der Waals surface area contributed by atoms with Crippen molar-refractivity contribution < 1.29 is 4.79 Å². The van der Waals surface area contributed by atoms with E-state index in [0.717, 1.165) is 17.3 Å². The number of aromatic nitrogens is 2. The lowest BCUT2D eigenvalue weighted by atomic mass is 10.2. The molecule has 1 aromatic carbocycles. The van der Waals surface area contributed by atoms with E-state index in [4.69, 9.17) is 17.3 Å². The molecule has 3 N–H and O–H groups in total. The quantitative estimate of drug-likeness (QED) is 0.884. The minimum atomic E-state index is -0.534. The summed E-state index contributed by atoms with van der Waals surface area (Å²) in [5.74, 6) is 0.350. The summed E-state index contributed by atoms with van der Waals surface area (Å²) < 4.78 is 2.01. The van der Waals surface area contributed by atoms with Crippen LogP contribution in [-0.2, 0) is 13.6 Å². The highest BCUT2D eigenvalue weighted by molar-refractivity contribution is 6.34. The molecule has 21 heavy (non-hydrogen) atoms. The molecule has 0 aliphatic carbocycles. The summed E-state index contributed by atoms with van der Waals surface area (Å²) in [7, 11) is 5.85. The van der Waals surface area contributed by atoms with E-state index in [9.17, 15) is 4.79 Å². The predicted molar refractivity (Wildman–Crippen MR) is 84.8 cm³/mol. The Morgan fingerprint density at radius 3 is 2.71 bits per heavy atom. The van der Waals surface area contributed by atoms with E-state index >= 15 is 0 Å². The standard InChI is InChI=1S/C14H18ClN5O/c1-19(2)14-18-8-10(20(14)3)7-17-9-4-5-11(13(16)21)12(15)6-9/h4-6,8,17H,7H2,1-3H3,(H2,16,21). The summed E-state index contributed by atoms with van der Waals surface area (Å²) in [6.45, 7) is 0.601. The van der Waals surface area contributed by atoms with Gasteiger partial charge in [0.25, 0.3) is 0 Å². The van der Waals surface area contributed by atoms with E-state index in [1.54, 1.807) is 18.2 Å². The molecule has 0 aliphatic heterocycles. The molecular formula is C14H18ClN5O. The number of nitrogens with two attached hydrogens (primary N) is 1. The maximum absolute atomic E-state index is 11.1. The molecule has 0 saturated carbocycles. The highest BCUT2D eigenvalue weighted by Gasteiger charge is 2.09. The molecule has 7 heteroatoms. The number of hydrogen-bond donors (Lipinski definition) is 2. The molecule has 2 aromatic rings. The van der Waals surface area contributed by atoms with Crippen molar-refractivity contribution in [3.8, 4) is 0 Å². The van der Waals surface area contributed by atoms with E-state index in [2.05, 4.69) is 10.3 Å². The average molecular weight is 308 g/mol. The number of primary amides is 1. The van der Waals surface area contributed by atoms with E-state index in [0.29, 0.717) is 17.1 Å². The second-order valence-electron chi connectivity index (χ2n) is 4.92. The molecule has 0 bridgehead atoms. The van der Waals surface area contributed by atoms with Gasteiger partial charge in [-0.25, -0.2) is 4.98 Å². The Morgan fingerprint density at radius 1 is 1.48 bits per heavy atom. The lowest BCUT2D eigenvalue weighted by Gasteiger charge is -2.13. The predicted octanol–water partition coefficient (Wildman–Crippen LogP) is 1.85. The fourth-order valence-corrected chi connectivity index (χ4v) is 2.30. The topological polar surface area (TPSA) is 76.2 Å². The van der Waals surface area contributed by atoms with Crippen LogP contribution in [0.3, 0.4) is 0 Å². The lowest BCUT2D eigenvalue weighted by Crippen LogP contribution is -2.15. The Balaban J connectivity index is 2.10. The Bertz CT molecular complexity index is 665. The number of nitrogens with one attached hydrogen (secondary N) is 1. The molecule has 0 atom stereocenters. The van der Waals surface area contributed by atoms with Gasteiger partial charge in [-0.05, 0) is 18.2 Å². The van der Waals surface area contributed by atoms with Crippen molar-refractivity contribution in [2.24, 2.45) is 12.8 Å². The number of benzene rings is 1. The summed E-state index contributed by atoms with van der Waals surface area (Å²) in [5.41, 5.74) is 7.39. The van der Waals surface area contributed by atoms with Gasteiger partial charge in [0.05, 0.1) is 29.0 Å². The van der Waals surface area contributed by atoms with Crippen LogP contribution in [0.2, 0.25) is 5.02 Å². The monoisotopic (exact) mass is 307 g/mol. The summed E-state index contributed by atoms with van der Waals surface area (Å²) in [5, 5.41) is 3.58. The molecule has 1 aromatic heterocycles. The summed E-state index contributed by atoms with van der Waals surface area (Å²) in [6, 6.07) is 5.07. The fourth-order valence-electron chi connectivity index (χ4n) is 2.03. The second kappa shape index (κ2) is 6.05. The number of hydrogen-bond acceptors (Lipinski definition) is 4. The molecule has 0 saturated heterocycles. The van der Waals surface area contributed by atoms with Gasteiger partial charge in [0.1, 0.15) is 0 Å². The summed E-state index contributed by atoms with van der Waals surface area (Å²) in [4.78, 5) is 17.4. The Morgan fingerprint density at radius 2 is 2.19 bits per heavy atom. The Labute approximate surface area is 128 Å². The zero-order valence-electron chi connectivity index (χ0n) is 12.2. The maximum atomic E-state index is 11.1. The first-order valence-corrected chi connectivity index (χ1v) is 6.79. The molecular weight excluding hydrogens is 290 g/mol. The van der Waals surface area contributed by atoms with Crippen molar-refractivity contribution in [3.63, 3.8) is 0 Å². The fraction of sp³-hybridized carbons (Fsp3) is 0.286. The van der Waals surface area contributed by atoms with Crippen molar-refractivity contribution in [1.29, 1.82) is 0 Å². The summed E-state index contributed by atoms with van der Waals surface area (Å²) in [6.07, 6.45) is 1.82. The molecule has 1 amide bonds. The van der Waals surface area contributed by atoms with Gasteiger partial charge in [-0.2, -0.15) is 0 Å². The van der Waals surface area contributed by atoms with E-state index in [1.807, 2.05) is 36.8 Å². The van der Waals surface area contributed by atoms with Gasteiger partial charge in [-0.3, -0.25) is 4.79 Å². The van der Waals surface area contributed by atoms with Crippen LogP contribution < -0.4 is 16.0 Å². The number of amides is 1. The largest absolute Gasteiger partial charge is 0.379 e. The maximum Gasteiger partial charge on any atom is 0.250 e. The van der Waals surface area contributed by atoms with Crippen molar-refractivity contribution in [2.75, 3.05) is 24.3 Å². The minimum Gasteiger partial charge on any atom is -0.379 e. The number of anilines is 2. The van der Waals surface area contributed by atoms with Crippen molar-refractivity contribution in [3.05, 3.63) is 40.7 Å². The van der Waals surface area contributed by atoms with Gasteiger partial charge in [0, 0.05) is 26.8 Å². The number of rotatable bonds is 5. The molecule has 112 valence electrons. The summed E-state index contributed by atoms with van der Waals surface area (Å²) >= 11 is 6.02. The van der Waals surface area contributed by atoms with Crippen LogP contribution in [0, 0.1) is 0 Å². The zero-order valence-corrected chi connectivity index (χ0v) is 13.0. The van der Waals surface area contributed by atoms with Crippen molar-refractivity contribution in [2.45, 2.75) is 6.54 Å². The molecule has 1 heterocycles. The number of carbonyl (C=O) groups is 1. The number of halogens is 1. The van der Waals surface area contributed by atoms with E-state index < -0.39 is 5.91 Å². The average Bonchev–Trinajstić information content (AvgIpc) is 2.77. The van der Waals surface area contributed by atoms with Crippen LogP contribution in [0.25, 0.3) is 0 Å². The third-order valence-corrected chi connectivity index (χ3v) is 3.48. The number of carbonyl (C=O) groups excluding carboxylic acids is 1. The van der Waals surface area contributed by atoms with E-state index in [1.165, 1.54) is 0 Å². The first-order valence-electron chi connectivity index (χ1n) is 6.41. The molecule has 2 rings (SSSR count). The highest BCUT2D eigenvalue weighted by atomic mass is 35.5. The highest BCUT2D eigenvalue weighted by Crippen LogP contribution is 2.21. The van der Waals surface area contributed by atoms with Gasteiger partial charge < -0.3 is 20.5 Å². The van der Waals surface area contributed by atoms with Crippen LogP contribution in [-0.4, -0.2) is 29.6 Å². The van der Waals surface area contributed by atoms with Crippen LogP contribution in [0.15, 0.2) is 24.4 Å². The third-order valence-electron chi connectivity index (χ3n) is 3.17. The smallest absolute Gasteiger partial charge is 0.250 e. The van der Waals surface area contributed by atoms with Crippen molar-refractivity contribution in [1.82, 2.24) is 9.55 Å². The minimum absolute atomic E-state index is 0.317. The molecule has 0 radical (unpaired) electrons. The second-order valence-corrected chi connectivity index (χ2v) is 5.32. The third kappa shape index (κ3) is 3.28. The van der Waals surface area contributed by atoms with E-state index in [-0.39, 0.29) is 0 Å².